The first kappa shape index (κ1) is 15.9. The monoisotopic (exact) mass is 279 g/mol. The van der Waals surface area contributed by atoms with E-state index >= 15 is 0 Å². The Morgan fingerprint density at radius 3 is 2.40 bits per heavy atom. The van der Waals surface area contributed by atoms with Crippen LogP contribution < -0.4 is 5.73 Å². The molecule has 1 rings (SSSR count). The second-order valence-corrected chi connectivity index (χ2v) is 5.45. The SMILES string of the molecule is CC(C)CN(C(=O)c1cccc(N)c1[N+](=O)[O-])C(C)C. The third-order valence-electron chi connectivity index (χ3n) is 2.93. The maximum absolute atomic E-state index is 12.6. The van der Waals surface area contributed by atoms with Crippen LogP contribution in [0.2, 0.25) is 0 Å². The second kappa shape index (κ2) is 6.36. The van der Waals surface area contributed by atoms with Gasteiger partial charge < -0.3 is 10.6 Å². The van der Waals surface area contributed by atoms with Crippen molar-refractivity contribution < 1.29 is 9.72 Å². The summed E-state index contributed by atoms with van der Waals surface area (Å²) in [7, 11) is 0. The van der Waals surface area contributed by atoms with Crippen LogP contribution in [-0.4, -0.2) is 28.3 Å². The molecule has 0 heterocycles. The van der Waals surface area contributed by atoms with E-state index in [1.807, 2.05) is 27.7 Å². The van der Waals surface area contributed by atoms with Gasteiger partial charge in [-0.2, -0.15) is 0 Å². The first-order chi connectivity index (χ1) is 9.25. The average Bonchev–Trinajstić information content (AvgIpc) is 2.33. The Morgan fingerprint density at radius 1 is 1.35 bits per heavy atom. The molecule has 1 aromatic carbocycles. The molecule has 0 aromatic heterocycles. The van der Waals surface area contributed by atoms with Crippen LogP contribution in [-0.2, 0) is 0 Å². The predicted molar refractivity (Wildman–Crippen MR) is 78.5 cm³/mol. The fourth-order valence-electron chi connectivity index (χ4n) is 2.01. The molecule has 0 unspecified atom stereocenters. The van der Waals surface area contributed by atoms with Gasteiger partial charge in [0.15, 0.2) is 0 Å². The van der Waals surface area contributed by atoms with Crippen molar-refractivity contribution in [3.8, 4) is 0 Å². The molecule has 0 bridgehead atoms. The molecular weight excluding hydrogens is 258 g/mol. The van der Waals surface area contributed by atoms with Gasteiger partial charge in [0.05, 0.1) is 4.92 Å². The zero-order valence-corrected chi connectivity index (χ0v) is 12.3. The zero-order chi connectivity index (χ0) is 15.4. The van der Waals surface area contributed by atoms with Gasteiger partial charge in [-0.3, -0.25) is 14.9 Å². The molecule has 0 aliphatic rings. The number of carbonyl (C=O) groups excluding carboxylic acids is 1. The van der Waals surface area contributed by atoms with Gasteiger partial charge in [0, 0.05) is 12.6 Å². The summed E-state index contributed by atoms with van der Waals surface area (Å²) in [4.78, 5) is 24.7. The molecule has 0 fully saturated rings. The number of benzene rings is 1. The summed E-state index contributed by atoms with van der Waals surface area (Å²) < 4.78 is 0. The fourth-order valence-corrected chi connectivity index (χ4v) is 2.01. The maximum Gasteiger partial charge on any atom is 0.304 e. The number of carbonyl (C=O) groups is 1. The fraction of sp³-hybridized carbons (Fsp3) is 0.500. The molecule has 0 atom stereocenters. The minimum absolute atomic E-state index is 0.00843. The third-order valence-corrected chi connectivity index (χ3v) is 2.93. The summed E-state index contributed by atoms with van der Waals surface area (Å²) in [6.45, 7) is 8.31. The van der Waals surface area contributed by atoms with E-state index in [9.17, 15) is 14.9 Å². The number of nitrogen functional groups attached to an aromatic ring is 1. The number of hydrogen-bond acceptors (Lipinski definition) is 4. The van der Waals surface area contributed by atoms with Crippen LogP contribution >= 0.6 is 0 Å². The molecule has 110 valence electrons. The summed E-state index contributed by atoms with van der Waals surface area (Å²) in [5.41, 5.74) is 5.37. The van der Waals surface area contributed by atoms with E-state index in [4.69, 9.17) is 5.73 Å². The van der Waals surface area contributed by atoms with Crippen LogP contribution in [0.3, 0.4) is 0 Å². The van der Waals surface area contributed by atoms with Gasteiger partial charge in [-0.05, 0) is 31.9 Å². The van der Waals surface area contributed by atoms with E-state index in [1.54, 1.807) is 11.0 Å². The van der Waals surface area contributed by atoms with E-state index in [1.165, 1.54) is 12.1 Å². The number of nitro groups is 1. The second-order valence-electron chi connectivity index (χ2n) is 5.45. The first-order valence-electron chi connectivity index (χ1n) is 6.59. The Hall–Kier alpha value is -2.11. The van der Waals surface area contributed by atoms with Gasteiger partial charge in [0.1, 0.15) is 11.3 Å². The molecule has 0 saturated heterocycles. The smallest absolute Gasteiger partial charge is 0.304 e. The van der Waals surface area contributed by atoms with Crippen molar-refractivity contribution in [2.45, 2.75) is 33.7 Å². The minimum atomic E-state index is -0.601. The van der Waals surface area contributed by atoms with Crippen molar-refractivity contribution in [1.29, 1.82) is 0 Å². The van der Waals surface area contributed by atoms with Crippen molar-refractivity contribution >= 4 is 17.3 Å². The largest absolute Gasteiger partial charge is 0.393 e. The average molecular weight is 279 g/mol. The number of rotatable bonds is 5. The van der Waals surface area contributed by atoms with Crippen molar-refractivity contribution in [2.24, 2.45) is 5.92 Å². The molecular formula is C14H21N3O3. The molecule has 0 spiro atoms. The number of nitrogens with zero attached hydrogens (tertiary/aromatic N) is 2. The van der Waals surface area contributed by atoms with Gasteiger partial charge >= 0.3 is 5.69 Å². The molecule has 1 amide bonds. The Labute approximate surface area is 118 Å². The van der Waals surface area contributed by atoms with Crippen molar-refractivity contribution in [3.63, 3.8) is 0 Å². The summed E-state index contributed by atoms with van der Waals surface area (Å²) in [6.07, 6.45) is 0. The zero-order valence-electron chi connectivity index (χ0n) is 12.3. The van der Waals surface area contributed by atoms with Crippen molar-refractivity contribution in [3.05, 3.63) is 33.9 Å². The van der Waals surface area contributed by atoms with Crippen LogP contribution in [0.25, 0.3) is 0 Å². The van der Waals surface area contributed by atoms with E-state index in [0.717, 1.165) is 0 Å². The number of anilines is 1. The van der Waals surface area contributed by atoms with Crippen LogP contribution in [0.15, 0.2) is 18.2 Å². The van der Waals surface area contributed by atoms with Gasteiger partial charge in [-0.25, -0.2) is 0 Å². The molecule has 0 aliphatic heterocycles. The van der Waals surface area contributed by atoms with E-state index < -0.39 is 4.92 Å². The summed E-state index contributed by atoms with van der Waals surface area (Å²) >= 11 is 0. The molecule has 0 saturated carbocycles. The van der Waals surface area contributed by atoms with E-state index in [2.05, 4.69) is 0 Å². The quantitative estimate of drug-likeness (QED) is 0.509. The third kappa shape index (κ3) is 3.46. The number of amides is 1. The molecule has 0 radical (unpaired) electrons. The minimum Gasteiger partial charge on any atom is -0.393 e. The lowest BCUT2D eigenvalue weighted by Crippen LogP contribution is -2.39. The summed E-state index contributed by atoms with van der Waals surface area (Å²) in [5, 5.41) is 11.1. The van der Waals surface area contributed by atoms with Crippen LogP contribution in [0.5, 0.6) is 0 Å². The molecule has 6 heteroatoms. The maximum atomic E-state index is 12.6. The van der Waals surface area contributed by atoms with Crippen LogP contribution in [0, 0.1) is 16.0 Å². The van der Waals surface area contributed by atoms with Crippen LogP contribution in [0.4, 0.5) is 11.4 Å². The van der Waals surface area contributed by atoms with Gasteiger partial charge in [-0.15, -0.1) is 0 Å². The molecule has 6 nitrogen and oxygen atoms in total. The standard InChI is InChI=1S/C14H21N3O3/c1-9(2)8-16(10(3)4)14(18)11-6-5-7-12(15)13(11)17(19)20/h5-7,9-10H,8,15H2,1-4H3. The summed E-state index contributed by atoms with van der Waals surface area (Å²) in [5.74, 6) is -0.0748. The van der Waals surface area contributed by atoms with Gasteiger partial charge in [0.2, 0.25) is 0 Å². The Balaban J connectivity index is 3.25. The van der Waals surface area contributed by atoms with Crippen molar-refractivity contribution in [2.75, 3.05) is 12.3 Å². The highest BCUT2D eigenvalue weighted by atomic mass is 16.6. The normalized spacial score (nSPS) is 10.9. The molecule has 2 N–H and O–H groups in total. The predicted octanol–water partition coefficient (Wildman–Crippen LogP) is 2.68. The van der Waals surface area contributed by atoms with Crippen LogP contribution in [0.1, 0.15) is 38.1 Å². The van der Waals surface area contributed by atoms with E-state index in [0.29, 0.717) is 6.54 Å². The van der Waals surface area contributed by atoms with Gasteiger partial charge in [-0.1, -0.05) is 19.9 Å². The number of hydrogen-bond donors (Lipinski definition) is 1. The highest BCUT2D eigenvalue weighted by molar-refractivity contribution is 6.00. The summed E-state index contributed by atoms with van der Waals surface area (Å²) in [6, 6.07) is 4.40. The molecule has 1 aromatic rings. The van der Waals surface area contributed by atoms with E-state index in [-0.39, 0.29) is 34.8 Å². The number of nitrogens with two attached hydrogens (primary N) is 1. The number of para-hydroxylation sites is 1. The lowest BCUT2D eigenvalue weighted by atomic mass is 10.1. The topological polar surface area (TPSA) is 89.5 Å². The number of nitro benzene ring substituents is 1. The lowest BCUT2D eigenvalue weighted by Gasteiger charge is -2.28. The Morgan fingerprint density at radius 2 is 1.95 bits per heavy atom. The lowest BCUT2D eigenvalue weighted by molar-refractivity contribution is -0.384. The highest BCUT2D eigenvalue weighted by Crippen LogP contribution is 2.27. The molecule has 20 heavy (non-hydrogen) atoms. The first-order valence-corrected chi connectivity index (χ1v) is 6.59. The van der Waals surface area contributed by atoms with Gasteiger partial charge in [0.25, 0.3) is 5.91 Å². The Kier molecular flexibility index (Phi) is 5.07. The van der Waals surface area contributed by atoms with Crippen molar-refractivity contribution in [1.82, 2.24) is 4.90 Å². The highest BCUT2D eigenvalue weighted by Gasteiger charge is 2.28. The Bertz CT molecular complexity index is 512. The molecule has 0 aliphatic carbocycles.